The van der Waals surface area contributed by atoms with Crippen LogP contribution in [0.5, 0.6) is 0 Å². The van der Waals surface area contributed by atoms with Crippen LogP contribution in [-0.4, -0.2) is 13.1 Å². The molecule has 2 aromatic rings. The van der Waals surface area contributed by atoms with E-state index in [4.69, 9.17) is 10.2 Å². The van der Waals surface area contributed by atoms with Crippen LogP contribution in [0.15, 0.2) is 46.9 Å². The Hall–Kier alpha value is -1.74. The van der Waals surface area contributed by atoms with Crippen LogP contribution >= 0.6 is 0 Å². The molecule has 1 aromatic carbocycles. The first-order chi connectivity index (χ1) is 8.76. The predicted octanol–water partition coefficient (Wildman–Crippen LogP) is 3.11. The van der Waals surface area contributed by atoms with Crippen LogP contribution in [0.1, 0.15) is 24.5 Å². The Morgan fingerprint density at radius 2 is 1.89 bits per heavy atom. The first-order valence-electron chi connectivity index (χ1n) is 6.34. The van der Waals surface area contributed by atoms with Gasteiger partial charge in [-0.25, -0.2) is 0 Å². The second kappa shape index (κ2) is 5.74. The monoisotopic (exact) mass is 244 g/mol. The smallest absolute Gasteiger partial charge is 0.127 e. The van der Waals surface area contributed by atoms with Crippen LogP contribution in [0.25, 0.3) is 0 Å². The predicted molar refractivity (Wildman–Crippen MR) is 74.7 cm³/mol. The maximum absolute atomic E-state index is 5.93. The van der Waals surface area contributed by atoms with Crippen LogP contribution in [-0.2, 0) is 0 Å². The highest BCUT2D eigenvalue weighted by molar-refractivity contribution is 5.48. The molecule has 1 atom stereocenters. The van der Waals surface area contributed by atoms with Crippen LogP contribution in [0.4, 0.5) is 5.69 Å². The molecule has 96 valence electrons. The van der Waals surface area contributed by atoms with Crippen molar-refractivity contribution in [3.63, 3.8) is 0 Å². The summed E-state index contributed by atoms with van der Waals surface area (Å²) in [6.45, 7) is 5.52. The molecule has 0 aliphatic rings. The number of hydrogen-bond donors (Lipinski definition) is 1. The lowest BCUT2D eigenvalue weighted by atomic mass is 10.1. The topological polar surface area (TPSA) is 42.4 Å². The number of nitrogens with two attached hydrogens (primary N) is 1. The molecule has 3 heteroatoms. The second-order valence-electron chi connectivity index (χ2n) is 4.32. The molecule has 2 N–H and O–H groups in total. The molecule has 1 heterocycles. The van der Waals surface area contributed by atoms with Gasteiger partial charge < -0.3 is 15.1 Å². The molecular formula is C15H20N2O. The average Bonchev–Trinajstić information content (AvgIpc) is 2.83. The fourth-order valence-corrected chi connectivity index (χ4v) is 2.23. The average molecular weight is 244 g/mol. The van der Waals surface area contributed by atoms with Gasteiger partial charge in [-0.15, -0.1) is 0 Å². The van der Waals surface area contributed by atoms with Gasteiger partial charge in [-0.2, -0.15) is 0 Å². The summed E-state index contributed by atoms with van der Waals surface area (Å²) in [6.07, 6.45) is 0. The van der Waals surface area contributed by atoms with Crippen molar-refractivity contribution in [2.75, 3.05) is 18.0 Å². The van der Waals surface area contributed by atoms with Crippen LogP contribution in [0.2, 0.25) is 0 Å². The second-order valence-corrected chi connectivity index (χ2v) is 4.32. The van der Waals surface area contributed by atoms with Gasteiger partial charge in [-0.05, 0) is 38.1 Å². The largest absolute Gasteiger partial charge is 0.464 e. The number of benzene rings is 1. The van der Waals surface area contributed by atoms with E-state index in [0.29, 0.717) is 6.54 Å². The molecule has 0 saturated carbocycles. The van der Waals surface area contributed by atoms with Gasteiger partial charge in [0.1, 0.15) is 11.5 Å². The molecule has 1 aromatic heterocycles. The molecule has 0 saturated heterocycles. The number of hydrogen-bond acceptors (Lipinski definition) is 3. The van der Waals surface area contributed by atoms with E-state index in [9.17, 15) is 0 Å². The van der Waals surface area contributed by atoms with Gasteiger partial charge >= 0.3 is 0 Å². The third-order valence-electron chi connectivity index (χ3n) is 3.12. The minimum atomic E-state index is 0.0890. The molecular weight excluding hydrogens is 224 g/mol. The zero-order valence-electron chi connectivity index (χ0n) is 11.0. The molecule has 0 amide bonds. The van der Waals surface area contributed by atoms with Gasteiger partial charge in [0.2, 0.25) is 0 Å². The van der Waals surface area contributed by atoms with Gasteiger partial charge in [0, 0.05) is 18.8 Å². The normalized spacial score (nSPS) is 12.4. The quantitative estimate of drug-likeness (QED) is 0.878. The maximum Gasteiger partial charge on any atom is 0.127 e. The van der Waals surface area contributed by atoms with Crippen molar-refractivity contribution < 1.29 is 4.42 Å². The highest BCUT2D eigenvalue weighted by Crippen LogP contribution is 2.27. The minimum Gasteiger partial charge on any atom is -0.464 e. The molecule has 0 fully saturated rings. The van der Waals surface area contributed by atoms with Crippen molar-refractivity contribution >= 4 is 5.69 Å². The maximum atomic E-state index is 5.93. The van der Waals surface area contributed by atoms with Crippen molar-refractivity contribution in [2.24, 2.45) is 5.73 Å². The van der Waals surface area contributed by atoms with E-state index in [1.54, 1.807) is 0 Å². The Labute approximate surface area is 108 Å². The summed E-state index contributed by atoms with van der Waals surface area (Å²) in [7, 11) is 0. The van der Waals surface area contributed by atoms with Crippen LogP contribution in [0, 0.1) is 6.92 Å². The zero-order chi connectivity index (χ0) is 13.0. The van der Waals surface area contributed by atoms with Gasteiger partial charge in [0.05, 0.1) is 6.04 Å². The zero-order valence-corrected chi connectivity index (χ0v) is 11.0. The van der Waals surface area contributed by atoms with Crippen LogP contribution < -0.4 is 10.6 Å². The van der Waals surface area contributed by atoms with Gasteiger partial charge in [0.25, 0.3) is 0 Å². The number of likely N-dealkylation sites (N-methyl/N-ethyl adjacent to an activating group) is 1. The van der Waals surface area contributed by atoms with E-state index in [1.807, 2.05) is 37.3 Å². The lowest BCUT2D eigenvalue weighted by Gasteiger charge is -2.30. The Balaban J connectivity index is 2.30. The minimum absolute atomic E-state index is 0.0890. The number of para-hydroxylation sites is 1. The van der Waals surface area contributed by atoms with E-state index in [1.165, 1.54) is 5.69 Å². The molecule has 2 rings (SSSR count). The van der Waals surface area contributed by atoms with Gasteiger partial charge in [-0.3, -0.25) is 0 Å². The summed E-state index contributed by atoms with van der Waals surface area (Å²) in [6, 6.07) is 14.4. The lowest BCUT2D eigenvalue weighted by Crippen LogP contribution is -2.33. The Morgan fingerprint density at radius 3 is 2.39 bits per heavy atom. The molecule has 0 bridgehead atoms. The fraction of sp³-hybridized carbons (Fsp3) is 0.333. The highest BCUT2D eigenvalue weighted by Gasteiger charge is 2.20. The summed E-state index contributed by atoms with van der Waals surface area (Å²) in [5.41, 5.74) is 7.10. The lowest BCUT2D eigenvalue weighted by molar-refractivity contribution is 0.435. The summed E-state index contributed by atoms with van der Waals surface area (Å²) < 4.78 is 5.72. The van der Waals surface area contributed by atoms with E-state index >= 15 is 0 Å². The third kappa shape index (κ3) is 2.57. The van der Waals surface area contributed by atoms with E-state index < -0.39 is 0 Å². The number of aryl methyl sites for hydroxylation is 1. The van der Waals surface area contributed by atoms with Crippen molar-refractivity contribution in [1.82, 2.24) is 0 Å². The van der Waals surface area contributed by atoms with E-state index in [0.717, 1.165) is 18.1 Å². The Kier molecular flexibility index (Phi) is 4.05. The van der Waals surface area contributed by atoms with Crippen molar-refractivity contribution in [3.8, 4) is 0 Å². The SMILES string of the molecule is CCN(c1ccccc1)C(CN)c1ccc(C)o1. The summed E-state index contributed by atoms with van der Waals surface area (Å²) in [5, 5.41) is 0. The molecule has 0 aliphatic heterocycles. The van der Waals surface area contributed by atoms with Crippen LogP contribution in [0.3, 0.4) is 0 Å². The number of anilines is 1. The van der Waals surface area contributed by atoms with Gasteiger partial charge in [-0.1, -0.05) is 18.2 Å². The molecule has 0 radical (unpaired) electrons. The molecule has 3 nitrogen and oxygen atoms in total. The van der Waals surface area contributed by atoms with E-state index in [-0.39, 0.29) is 6.04 Å². The van der Waals surface area contributed by atoms with E-state index in [2.05, 4.69) is 24.0 Å². The summed E-state index contributed by atoms with van der Waals surface area (Å²) in [5.74, 6) is 1.85. The fourth-order valence-electron chi connectivity index (χ4n) is 2.23. The number of rotatable bonds is 5. The highest BCUT2D eigenvalue weighted by atomic mass is 16.3. The number of nitrogens with zero attached hydrogens (tertiary/aromatic N) is 1. The molecule has 18 heavy (non-hydrogen) atoms. The molecule has 0 spiro atoms. The Bertz CT molecular complexity index is 478. The van der Waals surface area contributed by atoms with Crippen molar-refractivity contribution in [1.29, 1.82) is 0 Å². The van der Waals surface area contributed by atoms with Crippen molar-refractivity contribution in [2.45, 2.75) is 19.9 Å². The number of furan rings is 1. The first kappa shape index (κ1) is 12.7. The summed E-state index contributed by atoms with van der Waals surface area (Å²) >= 11 is 0. The van der Waals surface area contributed by atoms with Crippen molar-refractivity contribution in [3.05, 3.63) is 54.0 Å². The molecule has 0 aliphatic carbocycles. The Morgan fingerprint density at radius 1 is 1.17 bits per heavy atom. The summed E-state index contributed by atoms with van der Waals surface area (Å²) in [4.78, 5) is 2.26. The first-order valence-corrected chi connectivity index (χ1v) is 6.34. The standard InChI is InChI=1S/C15H20N2O/c1-3-17(13-7-5-4-6-8-13)14(11-16)15-10-9-12(2)18-15/h4-10,14H,3,11,16H2,1-2H3. The van der Waals surface area contributed by atoms with Gasteiger partial charge in [0.15, 0.2) is 0 Å². The molecule has 1 unspecified atom stereocenters. The third-order valence-corrected chi connectivity index (χ3v) is 3.12.